The van der Waals surface area contributed by atoms with Crippen LogP contribution in [0.15, 0.2) is 14.1 Å². The van der Waals surface area contributed by atoms with Gasteiger partial charge in [-0.25, -0.2) is 8.42 Å². The Morgan fingerprint density at radius 3 is 2.70 bits per heavy atom. The van der Waals surface area contributed by atoms with E-state index >= 15 is 0 Å². The minimum atomic E-state index is -3.34. The standard InChI is InChI=1S/C13H19BrN2O2S2/c1-8-4-12(19-13(8)14)20(17,18)16-6-9-2-3-11(15)5-10(9)7-16/h4,9-11H,2-3,5-7,15H2,1H3/t9-,10+,11?/m1/s1. The van der Waals surface area contributed by atoms with Crippen molar-refractivity contribution in [1.29, 1.82) is 0 Å². The molecule has 1 aliphatic heterocycles. The molecule has 1 aliphatic carbocycles. The molecule has 3 rings (SSSR count). The number of hydrogen-bond acceptors (Lipinski definition) is 4. The number of halogens is 1. The first-order valence-corrected chi connectivity index (χ1v) is 9.94. The van der Waals surface area contributed by atoms with Crippen LogP contribution in [0, 0.1) is 18.8 Å². The minimum Gasteiger partial charge on any atom is -0.328 e. The van der Waals surface area contributed by atoms with E-state index < -0.39 is 10.0 Å². The number of sulfonamides is 1. The normalized spacial score (nSPS) is 31.4. The fourth-order valence-electron chi connectivity index (χ4n) is 3.31. The lowest BCUT2D eigenvalue weighted by Crippen LogP contribution is -2.32. The first kappa shape index (κ1) is 15.0. The number of aryl methyl sites for hydroxylation is 1. The molecular weight excluding hydrogens is 360 g/mol. The summed E-state index contributed by atoms with van der Waals surface area (Å²) < 4.78 is 28.4. The van der Waals surface area contributed by atoms with Crippen LogP contribution < -0.4 is 5.73 Å². The highest BCUT2D eigenvalue weighted by atomic mass is 79.9. The van der Waals surface area contributed by atoms with Gasteiger partial charge in [0.25, 0.3) is 10.0 Å². The molecule has 0 amide bonds. The van der Waals surface area contributed by atoms with E-state index in [1.54, 1.807) is 10.4 Å². The predicted molar refractivity (Wildman–Crippen MR) is 84.3 cm³/mol. The second-order valence-electron chi connectivity index (χ2n) is 5.94. The van der Waals surface area contributed by atoms with E-state index in [0.717, 1.165) is 28.6 Å². The largest absolute Gasteiger partial charge is 0.328 e. The summed E-state index contributed by atoms with van der Waals surface area (Å²) in [5.74, 6) is 0.937. The molecule has 2 fully saturated rings. The third-order valence-electron chi connectivity index (χ3n) is 4.49. The Bertz CT molecular complexity index is 594. The van der Waals surface area contributed by atoms with Crippen molar-refractivity contribution in [3.05, 3.63) is 15.4 Å². The van der Waals surface area contributed by atoms with E-state index in [2.05, 4.69) is 15.9 Å². The number of nitrogens with two attached hydrogens (primary N) is 1. The van der Waals surface area contributed by atoms with E-state index in [1.807, 2.05) is 6.92 Å². The van der Waals surface area contributed by atoms with Gasteiger partial charge in [-0.15, -0.1) is 11.3 Å². The molecule has 1 aromatic heterocycles. The lowest BCUT2D eigenvalue weighted by Gasteiger charge is -2.28. The molecule has 0 radical (unpaired) electrons. The third kappa shape index (κ3) is 2.59. The Morgan fingerprint density at radius 1 is 1.35 bits per heavy atom. The molecule has 0 spiro atoms. The van der Waals surface area contributed by atoms with Crippen LogP contribution in [0.2, 0.25) is 0 Å². The average Bonchev–Trinajstić information content (AvgIpc) is 2.94. The van der Waals surface area contributed by atoms with E-state index in [9.17, 15) is 8.42 Å². The Hall–Kier alpha value is 0.0500. The quantitative estimate of drug-likeness (QED) is 0.859. The van der Waals surface area contributed by atoms with Gasteiger partial charge >= 0.3 is 0 Å². The van der Waals surface area contributed by atoms with Crippen molar-refractivity contribution in [3.8, 4) is 0 Å². The molecule has 2 aliphatic rings. The van der Waals surface area contributed by atoms with Gasteiger partial charge in [0, 0.05) is 19.1 Å². The molecule has 4 nitrogen and oxygen atoms in total. The summed E-state index contributed by atoms with van der Waals surface area (Å²) in [7, 11) is -3.34. The number of nitrogens with zero attached hydrogens (tertiary/aromatic N) is 1. The van der Waals surface area contributed by atoms with Crippen molar-refractivity contribution in [3.63, 3.8) is 0 Å². The van der Waals surface area contributed by atoms with Crippen LogP contribution in [0.3, 0.4) is 0 Å². The topological polar surface area (TPSA) is 63.4 Å². The lowest BCUT2D eigenvalue weighted by atomic mass is 9.79. The fraction of sp³-hybridized carbons (Fsp3) is 0.692. The Morgan fingerprint density at radius 2 is 2.05 bits per heavy atom. The van der Waals surface area contributed by atoms with Crippen LogP contribution in [0.1, 0.15) is 24.8 Å². The van der Waals surface area contributed by atoms with Crippen LogP contribution >= 0.6 is 27.3 Å². The SMILES string of the molecule is Cc1cc(S(=O)(=O)N2C[C@H]3CCC(N)C[C@H]3C2)sc1Br. The van der Waals surface area contributed by atoms with Crippen molar-refractivity contribution in [2.45, 2.75) is 36.4 Å². The monoisotopic (exact) mass is 378 g/mol. The maximum atomic E-state index is 12.7. The van der Waals surface area contributed by atoms with E-state index in [1.165, 1.54) is 11.3 Å². The summed E-state index contributed by atoms with van der Waals surface area (Å²) in [5.41, 5.74) is 6.99. The molecule has 1 aromatic rings. The Kier molecular flexibility index (Phi) is 4.01. The Balaban J connectivity index is 1.83. The molecule has 0 aromatic carbocycles. The van der Waals surface area contributed by atoms with Gasteiger partial charge in [0.15, 0.2) is 0 Å². The minimum absolute atomic E-state index is 0.247. The van der Waals surface area contributed by atoms with Gasteiger partial charge in [-0.1, -0.05) is 0 Å². The van der Waals surface area contributed by atoms with E-state index in [-0.39, 0.29) is 6.04 Å². The highest BCUT2D eigenvalue weighted by Crippen LogP contribution is 2.40. The van der Waals surface area contributed by atoms with Crippen LogP contribution in [0.4, 0.5) is 0 Å². The molecule has 1 saturated carbocycles. The molecule has 2 N–H and O–H groups in total. The van der Waals surface area contributed by atoms with Crippen molar-refractivity contribution in [1.82, 2.24) is 4.31 Å². The maximum absolute atomic E-state index is 12.7. The average molecular weight is 379 g/mol. The smallest absolute Gasteiger partial charge is 0.252 e. The number of thiophene rings is 1. The summed E-state index contributed by atoms with van der Waals surface area (Å²) in [6.45, 7) is 3.21. The van der Waals surface area contributed by atoms with Crippen molar-refractivity contribution < 1.29 is 8.42 Å². The second kappa shape index (κ2) is 5.35. The van der Waals surface area contributed by atoms with Gasteiger partial charge < -0.3 is 5.73 Å². The van der Waals surface area contributed by atoms with Crippen LogP contribution in [0.5, 0.6) is 0 Å². The molecule has 2 heterocycles. The molecular formula is C13H19BrN2O2S2. The summed E-state index contributed by atoms with van der Waals surface area (Å²) >= 11 is 4.71. The van der Waals surface area contributed by atoms with Crippen molar-refractivity contribution >= 4 is 37.3 Å². The summed E-state index contributed by atoms with van der Waals surface area (Å²) in [6.07, 6.45) is 3.05. The zero-order valence-corrected chi connectivity index (χ0v) is 14.6. The second-order valence-corrected chi connectivity index (χ2v) is 10.5. The molecule has 1 unspecified atom stereocenters. The first-order valence-electron chi connectivity index (χ1n) is 6.89. The first-order chi connectivity index (χ1) is 9.38. The van der Waals surface area contributed by atoms with Crippen LogP contribution in [0.25, 0.3) is 0 Å². The van der Waals surface area contributed by atoms with Gasteiger partial charge in [-0.3, -0.25) is 0 Å². The fourth-order valence-corrected chi connectivity index (χ4v) is 7.24. The predicted octanol–water partition coefficient (Wildman–Crippen LogP) is 2.57. The molecule has 0 bridgehead atoms. The van der Waals surface area contributed by atoms with Crippen LogP contribution in [-0.2, 0) is 10.0 Å². The van der Waals surface area contributed by atoms with Crippen molar-refractivity contribution in [2.75, 3.05) is 13.1 Å². The highest BCUT2D eigenvalue weighted by Gasteiger charge is 2.42. The number of fused-ring (bicyclic) bond motifs is 1. The molecule has 1 saturated heterocycles. The number of hydrogen-bond donors (Lipinski definition) is 1. The van der Waals surface area contributed by atoms with Gasteiger partial charge in [-0.2, -0.15) is 4.31 Å². The highest BCUT2D eigenvalue weighted by molar-refractivity contribution is 9.11. The van der Waals surface area contributed by atoms with Crippen molar-refractivity contribution in [2.24, 2.45) is 17.6 Å². The van der Waals surface area contributed by atoms with Crippen LogP contribution in [-0.4, -0.2) is 31.9 Å². The summed E-state index contributed by atoms with van der Waals surface area (Å²) in [4.78, 5) is 0. The third-order valence-corrected chi connectivity index (χ3v) is 8.90. The molecule has 7 heteroatoms. The summed E-state index contributed by atoms with van der Waals surface area (Å²) in [5, 5.41) is 0. The molecule has 3 atom stereocenters. The Labute approximate surface area is 132 Å². The maximum Gasteiger partial charge on any atom is 0.252 e. The van der Waals surface area contributed by atoms with Gasteiger partial charge in [-0.05, 0) is 65.6 Å². The molecule has 112 valence electrons. The van der Waals surface area contributed by atoms with Gasteiger partial charge in [0.1, 0.15) is 4.21 Å². The number of rotatable bonds is 2. The van der Waals surface area contributed by atoms with E-state index in [4.69, 9.17) is 5.73 Å². The summed E-state index contributed by atoms with van der Waals surface area (Å²) in [6, 6.07) is 2.01. The zero-order chi connectivity index (χ0) is 14.5. The zero-order valence-electron chi connectivity index (χ0n) is 11.4. The van der Waals surface area contributed by atoms with Gasteiger partial charge in [0.05, 0.1) is 3.79 Å². The lowest BCUT2D eigenvalue weighted by molar-refractivity contribution is 0.271. The van der Waals surface area contributed by atoms with Gasteiger partial charge in [0.2, 0.25) is 0 Å². The molecule has 20 heavy (non-hydrogen) atoms. The van der Waals surface area contributed by atoms with E-state index in [0.29, 0.717) is 29.1 Å².